The first-order valence-electron chi connectivity index (χ1n) is 7.34. The van der Waals surface area contributed by atoms with Crippen LogP contribution in [0.15, 0.2) is 29.2 Å². The van der Waals surface area contributed by atoms with Crippen molar-refractivity contribution in [1.29, 1.82) is 0 Å². The molecule has 1 unspecified atom stereocenters. The van der Waals surface area contributed by atoms with Gasteiger partial charge in [-0.3, -0.25) is 9.63 Å². The van der Waals surface area contributed by atoms with Crippen molar-refractivity contribution in [3.05, 3.63) is 29.8 Å². The van der Waals surface area contributed by atoms with Gasteiger partial charge in [0.05, 0.1) is 16.7 Å². The number of benzene rings is 1. The van der Waals surface area contributed by atoms with E-state index in [9.17, 15) is 9.00 Å². The van der Waals surface area contributed by atoms with E-state index in [0.29, 0.717) is 11.5 Å². The fourth-order valence-electron chi connectivity index (χ4n) is 3.02. The zero-order valence-electron chi connectivity index (χ0n) is 12.8. The molecule has 0 aromatic heterocycles. The summed E-state index contributed by atoms with van der Waals surface area (Å²) >= 11 is 0. The zero-order valence-corrected chi connectivity index (χ0v) is 13.6. The Morgan fingerprint density at radius 2 is 2.05 bits per heavy atom. The number of hydrazine groups is 1. The van der Waals surface area contributed by atoms with Gasteiger partial charge in [0.25, 0.3) is 0 Å². The third-order valence-electron chi connectivity index (χ3n) is 4.17. The molecule has 2 heterocycles. The molecule has 0 spiro atoms. The van der Waals surface area contributed by atoms with Gasteiger partial charge in [0, 0.05) is 17.5 Å². The maximum absolute atomic E-state index is 13.1. The first kappa shape index (κ1) is 15.6. The van der Waals surface area contributed by atoms with Crippen LogP contribution in [0.2, 0.25) is 0 Å². The van der Waals surface area contributed by atoms with Crippen LogP contribution in [0.5, 0.6) is 0 Å². The van der Waals surface area contributed by atoms with Gasteiger partial charge in [0.2, 0.25) is 11.2 Å². The second-order valence-corrected chi connectivity index (χ2v) is 7.28. The van der Waals surface area contributed by atoms with Crippen molar-refractivity contribution in [3.8, 4) is 0 Å². The topological polar surface area (TPSA) is 76.7 Å². The van der Waals surface area contributed by atoms with Crippen LogP contribution in [0.3, 0.4) is 0 Å². The van der Waals surface area contributed by atoms with Crippen LogP contribution in [0, 0.1) is 12.8 Å². The lowest BCUT2D eigenvalue weighted by atomic mass is 9.96. The molecule has 1 aromatic carbocycles. The van der Waals surface area contributed by atoms with E-state index in [1.807, 2.05) is 32.9 Å². The SMILES string of the molecule is CCO[C@@H]1OC(=O)[C@@]2(S(=O)c3ccc(C)cc3)NN[C@H](C)[C@@H]12. The summed E-state index contributed by atoms with van der Waals surface area (Å²) in [6.07, 6.45) is -0.690. The van der Waals surface area contributed by atoms with Gasteiger partial charge in [-0.05, 0) is 32.9 Å². The lowest BCUT2D eigenvalue weighted by molar-refractivity contribution is -0.168. The number of hydrogen-bond donors (Lipinski definition) is 2. The van der Waals surface area contributed by atoms with E-state index >= 15 is 0 Å². The summed E-state index contributed by atoms with van der Waals surface area (Å²) in [6, 6.07) is 7.22. The van der Waals surface area contributed by atoms with Crippen LogP contribution in [0.4, 0.5) is 0 Å². The minimum absolute atomic E-state index is 0.0996. The summed E-state index contributed by atoms with van der Waals surface area (Å²) in [4.78, 5) is 11.8. The van der Waals surface area contributed by atoms with Gasteiger partial charge in [0.15, 0.2) is 0 Å². The van der Waals surface area contributed by atoms with Crippen LogP contribution in [0.1, 0.15) is 19.4 Å². The molecule has 120 valence electrons. The highest BCUT2D eigenvalue weighted by atomic mass is 32.2. The first-order chi connectivity index (χ1) is 10.5. The van der Waals surface area contributed by atoms with Gasteiger partial charge in [-0.25, -0.2) is 10.2 Å². The second kappa shape index (κ2) is 5.73. The molecule has 7 heteroatoms. The molecule has 0 aliphatic carbocycles. The minimum Gasteiger partial charge on any atom is -0.433 e. The molecule has 2 N–H and O–H groups in total. The number of carbonyl (C=O) groups is 1. The normalized spacial score (nSPS) is 35.2. The van der Waals surface area contributed by atoms with Gasteiger partial charge in [-0.2, -0.15) is 0 Å². The summed E-state index contributed by atoms with van der Waals surface area (Å²) in [5.41, 5.74) is 7.02. The smallest absolute Gasteiger partial charge is 0.344 e. The molecule has 22 heavy (non-hydrogen) atoms. The quantitative estimate of drug-likeness (QED) is 0.799. The molecule has 5 atom stereocenters. The Morgan fingerprint density at radius 3 is 2.68 bits per heavy atom. The highest BCUT2D eigenvalue weighted by Gasteiger charge is 2.67. The molecule has 6 nitrogen and oxygen atoms in total. The zero-order chi connectivity index (χ0) is 15.9. The summed E-state index contributed by atoms with van der Waals surface area (Å²) < 4.78 is 24.0. The maximum Gasteiger partial charge on any atom is 0.344 e. The average molecular weight is 324 g/mol. The van der Waals surface area contributed by atoms with E-state index < -0.39 is 27.9 Å². The molecular formula is C15H20N2O4S. The molecule has 2 fully saturated rings. The third kappa shape index (κ3) is 2.20. The summed E-state index contributed by atoms with van der Waals surface area (Å²) in [6.45, 7) is 6.14. The Bertz CT molecular complexity index is 606. The van der Waals surface area contributed by atoms with Gasteiger partial charge in [-0.1, -0.05) is 17.7 Å². The number of esters is 1. The standard InChI is InChI=1S/C15H20N2O4S/c1-4-20-13-12-10(3)16-17-15(12,14(18)21-13)22(19)11-7-5-9(2)6-8-11/h5-8,10,12-13,16-17H,4H2,1-3H3/t10-,12+,13-,15-,22?/m1/s1. The number of fused-ring (bicyclic) bond motifs is 1. The van der Waals surface area contributed by atoms with Crippen molar-refractivity contribution in [2.45, 2.75) is 42.9 Å². The minimum atomic E-state index is -1.60. The van der Waals surface area contributed by atoms with Crippen LogP contribution in [-0.2, 0) is 25.1 Å². The summed E-state index contributed by atoms with van der Waals surface area (Å²) in [7, 11) is -1.60. The molecule has 3 rings (SSSR count). The van der Waals surface area contributed by atoms with E-state index in [-0.39, 0.29) is 12.0 Å². The Morgan fingerprint density at radius 1 is 1.36 bits per heavy atom. The fourth-order valence-corrected chi connectivity index (χ4v) is 4.69. The summed E-state index contributed by atoms with van der Waals surface area (Å²) in [5.74, 6) is -0.895. The number of cyclic esters (lactones) is 1. The molecule has 2 aliphatic heterocycles. The molecule has 0 radical (unpaired) electrons. The van der Waals surface area contributed by atoms with Gasteiger partial charge in [0.1, 0.15) is 0 Å². The number of hydrogen-bond acceptors (Lipinski definition) is 6. The average Bonchev–Trinajstić information content (AvgIpc) is 2.98. The molecule has 0 amide bonds. The van der Waals surface area contributed by atoms with Crippen molar-refractivity contribution < 1.29 is 18.5 Å². The number of carbonyl (C=O) groups excluding carboxylic acids is 1. The summed E-state index contributed by atoms with van der Waals surface area (Å²) in [5, 5.41) is 0. The van der Waals surface area contributed by atoms with Crippen LogP contribution < -0.4 is 10.9 Å². The highest BCUT2D eigenvalue weighted by molar-refractivity contribution is 7.87. The van der Waals surface area contributed by atoms with Crippen molar-refractivity contribution in [2.75, 3.05) is 6.61 Å². The van der Waals surface area contributed by atoms with E-state index in [1.165, 1.54) is 0 Å². The van der Waals surface area contributed by atoms with Crippen molar-refractivity contribution in [2.24, 2.45) is 5.92 Å². The van der Waals surface area contributed by atoms with E-state index in [0.717, 1.165) is 5.56 Å². The molecule has 1 aromatic rings. The van der Waals surface area contributed by atoms with Gasteiger partial charge < -0.3 is 9.47 Å². The first-order valence-corrected chi connectivity index (χ1v) is 8.49. The molecule has 0 bridgehead atoms. The maximum atomic E-state index is 13.1. The lowest BCUT2D eigenvalue weighted by Crippen LogP contribution is -2.54. The molecule has 2 aliphatic rings. The van der Waals surface area contributed by atoms with E-state index in [1.54, 1.807) is 12.1 Å². The number of ether oxygens (including phenoxy) is 2. The van der Waals surface area contributed by atoms with Gasteiger partial charge in [-0.15, -0.1) is 0 Å². The van der Waals surface area contributed by atoms with Crippen LogP contribution in [-0.4, -0.2) is 34.0 Å². The van der Waals surface area contributed by atoms with E-state index in [4.69, 9.17) is 9.47 Å². The fraction of sp³-hybridized carbons (Fsp3) is 0.533. The van der Waals surface area contributed by atoms with Crippen LogP contribution in [0.25, 0.3) is 0 Å². The third-order valence-corrected chi connectivity index (χ3v) is 6.00. The molecule has 0 saturated carbocycles. The Hall–Kier alpha value is -1.28. The van der Waals surface area contributed by atoms with Crippen LogP contribution >= 0.6 is 0 Å². The molecular weight excluding hydrogens is 304 g/mol. The Kier molecular flexibility index (Phi) is 4.07. The number of nitrogens with one attached hydrogen (secondary N) is 2. The van der Waals surface area contributed by atoms with Gasteiger partial charge >= 0.3 is 5.97 Å². The van der Waals surface area contributed by atoms with E-state index in [2.05, 4.69) is 10.9 Å². The predicted molar refractivity (Wildman–Crippen MR) is 81.0 cm³/mol. The monoisotopic (exact) mass is 324 g/mol. The number of aryl methyl sites for hydroxylation is 1. The molecule has 2 saturated heterocycles. The predicted octanol–water partition coefficient (Wildman–Crippen LogP) is 0.831. The van der Waals surface area contributed by atoms with Crippen molar-refractivity contribution in [1.82, 2.24) is 10.9 Å². The number of rotatable bonds is 4. The highest BCUT2D eigenvalue weighted by Crippen LogP contribution is 2.42. The Labute approximate surface area is 132 Å². The lowest BCUT2D eigenvalue weighted by Gasteiger charge is -2.25. The second-order valence-electron chi connectivity index (χ2n) is 5.63. The Balaban J connectivity index is 2.00. The van der Waals surface area contributed by atoms with Crippen molar-refractivity contribution >= 4 is 16.8 Å². The largest absolute Gasteiger partial charge is 0.433 e. The van der Waals surface area contributed by atoms with Crippen molar-refractivity contribution in [3.63, 3.8) is 0 Å².